The highest BCUT2D eigenvalue weighted by Gasteiger charge is 2.01. The highest BCUT2D eigenvalue weighted by molar-refractivity contribution is 6.31. The summed E-state index contributed by atoms with van der Waals surface area (Å²) < 4.78 is 5.70. The van der Waals surface area contributed by atoms with Crippen LogP contribution in [0.4, 0.5) is 0 Å². The fourth-order valence-corrected chi connectivity index (χ4v) is 1.89. The summed E-state index contributed by atoms with van der Waals surface area (Å²) in [6.45, 7) is 0.385. The lowest BCUT2D eigenvalue weighted by Crippen LogP contribution is -2.27. The van der Waals surface area contributed by atoms with Gasteiger partial charge in [-0.3, -0.25) is 10.2 Å². The van der Waals surface area contributed by atoms with Crippen molar-refractivity contribution in [2.75, 3.05) is 0 Å². The molecule has 0 aliphatic rings. The molecule has 21 heavy (non-hydrogen) atoms. The van der Waals surface area contributed by atoms with Gasteiger partial charge in [-0.15, -0.1) is 0 Å². The van der Waals surface area contributed by atoms with Crippen LogP contribution in [0.1, 0.15) is 11.1 Å². The Morgan fingerprint density at radius 2 is 2.05 bits per heavy atom. The summed E-state index contributed by atoms with van der Waals surface area (Å²) in [4.78, 5) is 11.0. The third kappa shape index (κ3) is 4.63. The van der Waals surface area contributed by atoms with E-state index in [1.54, 1.807) is 6.08 Å². The van der Waals surface area contributed by atoms with Crippen LogP contribution in [-0.2, 0) is 11.4 Å². The van der Waals surface area contributed by atoms with Gasteiger partial charge in [0.1, 0.15) is 12.4 Å². The van der Waals surface area contributed by atoms with Gasteiger partial charge >= 0.3 is 0 Å². The largest absolute Gasteiger partial charge is 0.489 e. The van der Waals surface area contributed by atoms with Crippen molar-refractivity contribution in [2.24, 2.45) is 5.84 Å². The number of carbonyl (C=O) groups excluding carboxylic acids is 1. The molecule has 5 heteroatoms. The lowest BCUT2D eigenvalue weighted by Gasteiger charge is -2.08. The van der Waals surface area contributed by atoms with Crippen LogP contribution < -0.4 is 16.0 Å². The summed E-state index contributed by atoms with van der Waals surface area (Å²) in [6, 6.07) is 14.9. The number of amides is 1. The van der Waals surface area contributed by atoms with Crippen LogP contribution in [0.5, 0.6) is 5.75 Å². The SMILES string of the molecule is NNC(=O)/C=C/c1cccc(OCc2ccccc2Cl)c1. The van der Waals surface area contributed by atoms with E-state index in [4.69, 9.17) is 22.2 Å². The molecule has 0 atom stereocenters. The first kappa shape index (κ1) is 15.1. The van der Waals surface area contributed by atoms with Crippen LogP contribution in [0, 0.1) is 0 Å². The van der Waals surface area contributed by atoms with Crippen LogP contribution >= 0.6 is 11.6 Å². The smallest absolute Gasteiger partial charge is 0.257 e. The zero-order valence-corrected chi connectivity index (χ0v) is 12.0. The van der Waals surface area contributed by atoms with Gasteiger partial charge in [-0.05, 0) is 29.8 Å². The van der Waals surface area contributed by atoms with E-state index in [2.05, 4.69) is 0 Å². The van der Waals surface area contributed by atoms with Gasteiger partial charge in [0, 0.05) is 16.7 Å². The van der Waals surface area contributed by atoms with Crippen LogP contribution in [0.25, 0.3) is 6.08 Å². The van der Waals surface area contributed by atoms with Gasteiger partial charge in [0.2, 0.25) is 0 Å². The van der Waals surface area contributed by atoms with Crippen molar-refractivity contribution < 1.29 is 9.53 Å². The van der Waals surface area contributed by atoms with Crippen molar-refractivity contribution in [3.05, 3.63) is 70.8 Å². The summed E-state index contributed by atoms with van der Waals surface area (Å²) in [7, 11) is 0. The molecule has 4 nitrogen and oxygen atoms in total. The Hall–Kier alpha value is -2.30. The summed E-state index contributed by atoms with van der Waals surface area (Å²) in [5.41, 5.74) is 3.79. The molecule has 0 saturated carbocycles. The molecule has 108 valence electrons. The predicted octanol–water partition coefficient (Wildman–Crippen LogP) is 2.92. The molecule has 2 aromatic rings. The third-order valence-electron chi connectivity index (χ3n) is 2.78. The first-order chi connectivity index (χ1) is 10.2. The zero-order chi connectivity index (χ0) is 15.1. The van der Waals surface area contributed by atoms with Crippen LogP contribution in [-0.4, -0.2) is 5.91 Å². The average molecular weight is 303 g/mol. The molecule has 0 saturated heterocycles. The number of hydrogen-bond acceptors (Lipinski definition) is 3. The number of halogens is 1. The first-order valence-electron chi connectivity index (χ1n) is 6.34. The molecule has 0 radical (unpaired) electrons. The lowest BCUT2D eigenvalue weighted by molar-refractivity contribution is -0.116. The normalized spacial score (nSPS) is 10.6. The lowest BCUT2D eigenvalue weighted by atomic mass is 10.2. The fraction of sp³-hybridized carbons (Fsp3) is 0.0625. The minimum atomic E-state index is -0.364. The van der Waals surface area contributed by atoms with E-state index in [0.717, 1.165) is 11.1 Å². The quantitative estimate of drug-likeness (QED) is 0.386. The maximum Gasteiger partial charge on any atom is 0.257 e. The van der Waals surface area contributed by atoms with E-state index in [9.17, 15) is 4.79 Å². The summed E-state index contributed by atoms with van der Waals surface area (Å²) in [6.07, 6.45) is 3.01. The van der Waals surface area contributed by atoms with Gasteiger partial charge in [-0.2, -0.15) is 0 Å². The number of ether oxygens (including phenoxy) is 1. The molecule has 0 bridgehead atoms. The van der Waals surface area contributed by atoms with Gasteiger partial charge in [-0.25, -0.2) is 5.84 Å². The van der Waals surface area contributed by atoms with E-state index < -0.39 is 0 Å². The molecule has 2 aromatic carbocycles. The molecule has 1 amide bonds. The maximum absolute atomic E-state index is 11.0. The van der Waals surface area contributed by atoms with Gasteiger partial charge in [0.05, 0.1) is 0 Å². The predicted molar refractivity (Wildman–Crippen MR) is 83.6 cm³/mol. The molecule has 0 heterocycles. The number of nitrogens with one attached hydrogen (secondary N) is 1. The molecule has 0 aliphatic heterocycles. The van der Waals surface area contributed by atoms with E-state index >= 15 is 0 Å². The Balaban J connectivity index is 2.03. The summed E-state index contributed by atoms with van der Waals surface area (Å²) >= 11 is 6.07. The minimum absolute atomic E-state index is 0.364. The Labute approximate surface area is 128 Å². The highest BCUT2D eigenvalue weighted by atomic mass is 35.5. The number of rotatable bonds is 5. The van der Waals surface area contributed by atoms with E-state index in [-0.39, 0.29) is 5.91 Å². The van der Waals surface area contributed by atoms with Crippen molar-refractivity contribution in [3.63, 3.8) is 0 Å². The van der Waals surface area contributed by atoms with Gasteiger partial charge in [-0.1, -0.05) is 41.9 Å². The molecular formula is C16H15ClN2O2. The Bertz CT molecular complexity index is 656. The monoisotopic (exact) mass is 302 g/mol. The Kier molecular flexibility index (Phi) is 5.37. The van der Waals surface area contributed by atoms with Gasteiger partial charge < -0.3 is 4.74 Å². The molecule has 0 unspecified atom stereocenters. The molecule has 0 fully saturated rings. The van der Waals surface area contributed by atoms with Crippen molar-refractivity contribution in [1.82, 2.24) is 5.43 Å². The Morgan fingerprint density at radius 3 is 2.81 bits per heavy atom. The molecular weight excluding hydrogens is 288 g/mol. The Morgan fingerprint density at radius 1 is 1.24 bits per heavy atom. The summed E-state index contributed by atoms with van der Waals surface area (Å²) in [5.74, 6) is 5.34. The second-order valence-corrected chi connectivity index (χ2v) is 4.70. The topological polar surface area (TPSA) is 64.3 Å². The number of benzene rings is 2. The van der Waals surface area contributed by atoms with E-state index in [1.807, 2.05) is 54.0 Å². The number of carbonyl (C=O) groups is 1. The maximum atomic E-state index is 11.0. The molecule has 3 N–H and O–H groups in total. The number of hydrazine groups is 1. The van der Waals surface area contributed by atoms with Gasteiger partial charge in [0.15, 0.2) is 0 Å². The van der Waals surface area contributed by atoms with Crippen molar-refractivity contribution in [2.45, 2.75) is 6.61 Å². The zero-order valence-electron chi connectivity index (χ0n) is 11.3. The second-order valence-electron chi connectivity index (χ2n) is 4.29. The molecule has 0 spiro atoms. The number of hydrogen-bond donors (Lipinski definition) is 2. The van der Waals surface area contributed by atoms with Crippen molar-refractivity contribution in [1.29, 1.82) is 0 Å². The molecule has 0 aromatic heterocycles. The highest BCUT2D eigenvalue weighted by Crippen LogP contribution is 2.19. The molecule has 0 aliphatic carbocycles. The molecule has 2 rings (SSSR count). The second kappa shape index (κ2) is 7.47. The van der Waals surface area contributed by atoms with E-state index in [1.165, 1.54) is 6.08 Å². The van der Waals surface area contributed by atoms with E-state index in [0.29, 0.717) is 17.4 Å². The fourth-order valence-electron chi connectivity index (χ4n) is 1.70. The van der Waals surface area contributed by atoms with Crippen molar-refractivity contribution >= 4 is 23.6 Å². The van der Waals surface area contributed by atoms with Crippen LogP contribution in [0.2, 0.25) is 5.02 Å². The minimum Gasteiger partial charge on any atom is -0.489 e. The van der Waals surface area contributed by atoms with Crippen LogP contribution in [0.15, 0.2) is 54.6 Å². The summed E-state index contributed by atoms with van der Waals surface area (Å²) in [5, 5.41) is 0.674. The van der Waals surface area contributed by atoms with Crippen molar-refractivity contribution in [3.8, 4) is 5.75 Å². The standard InChI is InChI=1S/C16H15ClN2O2/c17-15-7-2-1-5-13(15)11-21-14-6-3-4-12(10-14)8-9-16(20)19-18/h1-10H,11,18H2,(H,19,20)/b9-8+. The number of nitrogens with two attached hydrogens (primary N) is 1. The van der Waals surface area contributed by atoms with Crippen LogP contribution in [0.3, 0.4) is 0 Å². The average Bonchev–Trinajstić information content (AvgIpc) is 2.52. The van der Waals surface area contributed by atoms with Gasteiger partial charge in [0.25, 0.3) is 5.91 Å². The first-order valence-corrected chi connectivity index (χ1v) is 6.72. The third-order valence-corrected chi connectivity index (χ3v) is 3.15.